The highest BCUT2D eigenvalue weighted by Crippen LogP contribution is 2.50. The molecule has 5 heteroatoms. The monoisotopic (exact) mass is 316 g/mol. The third-order valence-corrected chi connectivity index (χ3v) is 5.32. The zero-order valence-corrected chi connectivity index (χ0v) is 13.3. The minimum absolute atomic E-state index is 0.0511. The van der Waals surface area contributed by atoms with Gasteiger partial charge in [0.25, 0.3) is 6.29 Å². The van der Waals surface area contributed by atoms with E-state index in [0.717, 1.165) is 19.3 Å². The zero-order valence-electron chi connectivity index (χ0n) is 13.3. The summed E-state index contributed by atoms with van der Waals surface area (Å²) in [7, 11) is 0. The van der Waals surface area contributed by atoms with Crippen LogP contribution in [0.4, 0.5) is 0 Å². The first kappa shape index (κ1) is 14.5. The van der Waals surface area contributed by atoms with Crippen LogP contribution in [0.25, 0.3) is 0 Å². The Kier molecular flexibility index (Phi) is 3.32. The molecule has 0 aromatic heterocycles. The molecule has 0 aromatic rings. The van der Waals surface area contributed by atoms with E-state index in [9.17, 15) is 9.59 Å². The van der Waals surface area contributed by atoms with Gasteiger partial charge in [-0.1, -0.05) is 12.5 Å². The first-order chi connectivity index (χ1) is 11.0. The topological polar surface area (TPSA) is 61.8 Å². The summed E-state index contributed by atoms with van der Waals surface area (Å²) < 4.78 is 16.1. The molecular weight excluding hydrogens is 296 g/mol. The Morgan fingerprint density at radius 3 is 2.83 bits per heavy atom. The lowest BCUT2D eigenvalue weighted by molar-refractivity contribution is -0.152. The van der Waals surface area contributed by atoms with Gasteiger partial charge in [0.15, 0.2) is 0 Å². The smallest absolute Gasteiger partial charge is 0.338 e. The second kappa shape index (κ2) is 5.25. The number of ether oxygens (including phenoxy) is 3. The molecule has 0 amide bonds. The zero-order chi connectivity index (χ0) is 16.1. The van der Waals surface area contributed by atoms with Crippen LogP contribution in [0.15, 0.2) is 34.6 Å². The standard InChI is InChI=1S/C18H20O5/c1-9-4-3-5-11-7-12-13(18(20)23-16(12)15(9)11)8-21-14-6-10(2)17(19)22-14/h6,8-9,12,14,16H,3-5,7H2,1-2H3/b13-8+/t9-,12?,14+,16-/m0/s1. The second-order valence-electron chi connectivity index (χ2n) is 6.82. The lowest BCUT2D eigenvalue weighted by Crippen LogP contribution is -2.19. The van der Waals surface area contributed by atoms with Gasteiger partial charge in [-0.25, -0.2) is 9.59 Å². The Bertz CT molecular complexity index is 669. The van der Waals surface area contributed by atoms with Gasteiger partial charge in [-0.3, -0.25) is 0 Å². The van der Waals surface area contributed by atoms with Crippen molar-refractivity contribution in [3.8, 4) is 0 Å². The molecule has 0 saturated carbocycles. The Morgan fingerprint density at radius 2 is 2.09 bits per heavy atom. The summed E-state index contributed by atoms with van der Waals surface area (Å²) in [6, 6.07) is 0. The SMILES string of the molecule is CC1=C[C@H](O/C=C2/C(=O)O[C@@H]3C4=C(CCC[C@@H]4C)CC23)OC1=O. The predicted molar refractivity (Wildman–Crippen MR) is 80.8 cm³/mol. The van der Waals surface area contributed by atoms with Crippen LogP contribution in [0.2, 0.25) is 0 Å². The van der Waals surface area contributed by atoms with Crippen molar-refractivity contribution in [2.45, 2.75) is 51.9 Å². The van der Waals surface area contributed by atoms with Crippen LogP contribution in [0.1, 0.15) is 39.5 Å². The third-order valence-electron chi connectivity index (χ3n) is 5.32. The normalized spacial score (nSPS) is 37.5. The number of carbonyl (C=O) groups is 2. The molecule has 2 aliphatic carbocycles. The van der Waals surface area contributed by atoms with Crippen molar-refractivity contribution in [1.29, 1.82) is 0 Å². The molecule has 2 aliphatic heterocycles. The summed E-state index contributed by atoms with van der Waals surface area (Å²) in [5, 5.41) is 0. The number of carbonyl (C=O) groups excluding carboxylic acids is 2. The molecule has 1 fully saturated rings. The van der Waals surface area contributed by atoms with E-state index in [1.807, 2.05) is 0 Å². The van der Waals surface area contributed by atoms with Gasteiger partial charge in [0.2, 0.25) is 0 Å². The molecule has 2 heterocycles. The highest BCUT2D eigenvalue weighted by molar-refractivity contribution is 5.92. The summed E-state index contributed by atoms with van der Waals surface area (Å²) in [4.78, 5) is 23.5. The van der Waals surface area contributed by atoms with E-state index in [0.29, 0.717) is 17.1 Å². The highest BCUT2D eigenvalue weighted by Gasteiger charge is 2.49. The first-order valence-corrected chi connectivity index (χ1v) is 8.22. The van der Waals surface area contributed by atoms with Crippen molar-refractivity contribution in [2.24, 2.45) is 11.8 Å². The van der Waals surface area contributed by atoms with E-state index >= 15 is 0 Å². The van der Waals surface area contributed by atoms with Gasteiger partial charge in [0.1, 0.15) is 6.10 Å². The lowest BCUT2D eigenvalue weighted by Gasteiger charge is -2.24. The summed E-state index contributed by atoms with van der Waals surface area (Å²) in [6.07, 6.45) is 6.55. The Morgan fingerprint density at radius 1 is 1.26 bits per heavy atom. The van der Waals surface area contributed by atoms with Crippen LogP contribution < -0.4 is 0 Å². The summed E-state index contributed by atoms with van der Waals surface area (Å²) in [5.74, 6) is -0.153. The van der Waals surface area contributed by atoms with Gasteiger partial charge in [0.05, 0.1) is 11.8 Å². The molecule has 5 nitrogen and oxygen atoms in total. The van der Waals surface area contributed by atoms with Gasteiger partial charge in [-0.15, -0.1) is 0 Å². The fourth-order valence-corrected chi connectivity index (χ4v) is 4.16. The molecule has 122 valence electrons. The van der Waals surface area contributed by atoms with E-state index in [1.54, 1.807) is 13.0 Å². The van der Waals surface area contributed by atoms with Crippen LogP contribution in [0.3, 0.4) is 0 Å². The molecule has 4 rings (SSSR count). The number of hydrogen-bond acceptors (Lipinski definition) is 5. The van der Waals surface area contributed by atoms with Crippen molar-refractivity contribution < 1.29 is 23.8 Å². The van der Waals surface area contributed by atoms with E-state index in [1.165, 1.54) is 23.8 Å². The van der Waals surface area contributed by atoms with Crippen molar-refractivity contribution in [3.05, 3.63) is 34.6 Å². The Hall–Kier alpha value is -2.04. The molecule has 4 aliphatic rings. The van der Waals surface area contributed by atoms with Crippen molar-refractivity contribution in [1.82, 2.24) is 0 Å². The minimum Gasteiger partial charge on any atom is -0.458 e. The second-order valence-corrected chi connectivity index (χ2v) is 6.82. The molecule has 1 unspecified atom stereocenters. The fraction of sp³-hybridized carbons (Fsp3) is 0.556. The van der Waals surface area contributed by atoms with E-state index in [2.05, 4.69) is 6.92 Å². The molecule has 0 N–H and O–H groups in total. The molecule has 0 spiro atoms. The quantitative estimate of drug-likeness (QED) is 0.339. The first-order valence-electron chi connectivity index (χ1n) is 8.22. The summed E-state index contributed by atoms with van der Waals surface area (Å²) in [5.41, 5.74) is 3.87. The number of allylic oxidation sites excluding steroid dienone is 1. The Labute approximate surface area is 135 Å². The van der Waals surface area contributed by atoms with Gasteiger partial charge < -0.3 is 14.2 Å². The van der Waals surface area contributed by atoms with E-state index < -0.39 is 6.29 Å². The minimum atomic E-state index is -0.746. The maximum atomic E-state index is 12.2. The average molecular weight is 316 g/mol. The molecule has 1 saturated heterocycles. The number of esters is 2. The van der Waals surface area contributed by atoms with Crippen LogP contribution in [-0.2, 0) is 23.8 Å². The number of fused-ring (bicyclic) bond motifs is 2. The third kappa shape index (κ3) is 2.30. The molecular formula is C18H20O5. The Balaban J connectivity index is 1.52. The molecule has 0 radical (unpaired) electrons. The van der Waals surface area contributed by atoms with Gasteiger partial charge >= 0.3 is 11.9 Å². The summed E-state index contributed by atoms with van der Waals surface area (Å²) in [6.45, 7) is 3.89. The number of rotatable bonds is 2. The van der Waals surface area contributed by atoms with Crippen molar-refractivity contribution in [3.63, 3.8) is 0 Å². The molecule has 0 bridgehead atoms. The average Bonchev–Trinajstić information content (AvgIpc) is 3.10. The molecule has 0 aromatic carbocycles. The van der Waals surface area contributed by atoms with Crippen LogP contribution in [-0.4, -0.2) is 24.3 Å². The van der Waals surface area contributed by atoms with Crippen molar-refractivity contribution in [2.75, 3.05) is 0 Å². The lowest BCUT2D eigenvalue weighted by atomic mass is 9.84. The van der Waals surface area contributed by atoms with Crippen molar-refractivity contribution >= 4 is 11.9 Å². The predicted octanol–water partition coefficient (Wildman–Crippen LogP) is 2.78. The maximum absolute atomic E-state index is 12.2. The number of cyclic esters (lactones) is 1. The van der Waals surface area contributed by atoms with Crippen LogP contribution in [0.5, 0.6) is 0 Å². The molecule has 4 atom stereocenters. The van der Waals surface area contributed by atoms with Gasteiger partial charge in [-0.2, -0.15) is 0 Å². The summed E-state index contributed by atoms with van der Waals surface area (Å²) >= 11 is 0. The number of hydrogen-bond donors (Lipinski definition) is 0. The highest BCUT2D eigenvalue weighted by atomic mass is 16.7. The molecule has 23 heavy (non-hydrogen) atoms. The van der Waals surface area contributed by atoms with E-state index in [-0.39, 0.29) is 24.0 Å². The van der Waals surface area contributed by atoms with Crippen LogP contribution >= 0.6 is 0 Å². The van der Waals surface area contributed by atoms with E-state index in [4.69, 9.17) is 14.2 Å². The fourth-order valence-electron chi connectivity index (χ4n) is 4.16. The van der Waals surface area contributed by atoms with Crippen LogP contribution in [0, 0.1) is 11.8 Å². The maximum Gasteiger partial charge on any atom is 0.338 e. The largest absolute Gasteiger partial charge is 0.458 e. The van der Waals surface area contributed by atoms with Gasteiger partial charge in [-0.05, 0) is 44.1 Å². The van der Waals surface area contributed by atoms with Gasteiger partial charge in [0, 0.05) is 17.6 Å².